The number of hydrogen-bond acceptors (Lipinski definition) is 4. The van der Waals surface area contributed by atoms with Crippen LogP contribution in [0, 0.1) is 0 Å². The van der Waals surface area contributed by atoms with Gasteiger partial charge in [-0.3, -0.25) is 4.79 Å². The molecule has 138 valence electrons. The highest BCUT2D eigenvalue weighted by Crippen LogP contribution is 2.16. The SMILES string of the molecule is COC(=O)CCN(Cc1ccc(OC)cc1)C(=O)Nc1ccc(Cl)cc1. The number of nitrogens with one attached hydrogen (secondary N) is 1. The maximum Gasteiger partial charge on any atom is 0.322 e. The summed E-state index contributed by atoms with van der Waals surface area (Å²) >= 11 is 5.86. The van der Waals surface area contributed by atoms with Gasteiger partial charge in [0.05, 0.1) is 20.6 Å². The van der Waals surface area contributed by atoms with Crippen LogP contribution in [-0.4, -0.2) is 37.7 Å². The third-order valence-corrected chi connectivity index (χ3v) is 3.98. The van der Waals surface area contributed by atoms with E-state index in [0.717, 1.165) is 11.3 Å². The number of urea groups is 1. The molecule has 0 atom stereocenters. The molecule has 0 spiro atoms. The molecule has 0 unspecified atom stereocenters. The van der Waals surface area contributed by atoms with Crippen molar-refractivity contribution in [2.75, 3.05) is 26.1 Å². The fourth-order valence-electron chi connectivity index (χ4n) is 2.27. The predicted molar refractivity (Wildman–Crippen MR) is 101 cm³/mol. The number of halogens is 1. The van der Waals surface area contributed by atoms with Gasteiger partial charge in [0.15, 0.2) is 0 Å². The van der Waals surface area contributed by atoms with E-state index in [4.69, 9.17) is 16.3 Å². The first kappa shape index (κ1) is 19.6. The molecule has 0 saturated carbocycles. The van der Waals surface area contributed by atoms with Crippen LogP contribution >= 0.6 is 11.6 Å². The van der Waals surface area contributed by atoms with Crippen LogP contribution in [0.25, 0.3) is 0 Å². The Morgan fingerprint density at radius 1 is 1.04 bits per heavy atom. The minimum Gasteiger partial charge on any atom is -0.497 e. The van der Waals surface area contributed by atoms with Crippen molar-refractivity contribution in [3.63, 3.8) is 0 Å². The van der Waals surface area contributed by atoms with Crippen molar-refractivity contribution in [3.05, 3.63) is 59.1 Å². The monoisotopic (exact) mass is 376 g/mol. The van der Waals surface area contributed by atoms with Crippen molar-refractivity contribution in [2.24, 2.45) is 0 Å². The van der Waals surface area contributed by atoms with Gasteiger partial charge < -0.3 is 19.7 Å². The summed E-state index contributed by atoms with van der Waals surface area (Å²) in [7, 11) is 2.92. The number of hydrogen-bond donors (Lipinski definition) is 1. The first-order valence-corrected chi connectivity index (χ1v) is 8.41. The molecule has 0 bridgehead atoms. The van der Waals surface area contributed by atoms with Gasteiger partial charge in [-0.1, -0.05) is 23.7 Å². The number of carbonyl (C=O) groups is 2. The van der Waals surface area contributed by atoms with Crippen LogP contribution in [0.5, 0.6) is 5.75 Å². The van der Waals surface area contributed by atoms with Crippen LogP contribution in [0.4, 0.5) is 10.5 Å². The van der Waals surface area contributed by atoms with Crippen LogP contribution in [0.15, 0.2) is 48.5 Å². The standard InChI is InChI=1S/C19H21ClN2O4/c1-25-17-9-3-14(4-10-17)13-22(12-11-18(23)26-2)19(24)21-16-7-5-15(20)6-8-16/h3-10H,11-13H2,1-2H3,(H,21,24). The van der Waals surface area contributed by atoms with Crippen LogP contribution in [0.1, 0.15) is 12.0 Å². The molecule has 0 fully saturated rings. The van der Waals surface area contributed by atoms with Gasteiger partial charge in [0.1, 0.15) is 5.75 Å². The molecule has 0 aromatic heterocycles. The zero-order chi connectivity index (χ0) is 18.9. The number of methoxy groups -OCH3 is 2. The molecule has 7 heteroatoms. The molecule has 0 radical (unpaired) electrons. The Balaban J connectivity index is 2.08. The van der Waals surface area contributed by atoms with E-state index in [1.165, 1.54) is 7.11 Å². The highest BCUT2D eigenvalue weighted by molar-refractivity contribution is 6.30. The van der Waals surface area contributed by atoms with E-state index in [1.807, 2.05) is 24.3 Å². The molecular formula is C19H21ClN2O4. The summed E-state index contributed by atoms with van der Waals surface area (Å²) in [5.41, 5.74) is 1.54. The number of anilines is 1. The summed E-state index contributed by atoms with van der Waals surface area (Å²) in [5, 5.41) is 3.39. The van der Waals surface area contributed by atoms with E-state index >= 15 is 0 Å². The Morgan fingerprint density at radius 3 is 2.27 bits per heavy atom. The number of rotatable bonds is 7. The number of benzene rings is 2. The van der Waals surface area contributed by atoms with E-state index in [2.05, 4.69) is 10.1 Å². The fraction of sp³-hybridized carbons (Fsp3) is 0.263. The summed E-state index contributed by atoms with van der Waals surface area (Å²) in [4.78, 5) is 25.6. The largest absolute Gasteiger partial charge is 0.497 e. The lowest BCUT2D eigenvalue weighted by Crippen LogP contribution is -2.36. The summed E-state index contributed by atoms with van der Waals surface area (Å²) in [6.07, 6.45) is 0.112. The second-order valence-electron chi connectivity index (χ2n) is 5.53. The molecular weight excluding hydrogens is 356 g/mol. The van der Waals surface area contributed by atoms with E-state index in [0.29, 0.717) is 17.3 Å². The Hall–Kier alpha value is -2.73. The van der Waals surface area contributed by atoms with E-state index in [-0.39, 0.29) is 25.0 Å². The quantitative estimate of drug-likeness (QED) is 0.743. The van der Waals surface area contributed by atoms with Gasteiger partial charge in [-0.05, 0) is 42.0 Å². The molecule has 2 amide bonds. The summed E-state index contributed by atoms with van der Waals surface area (Å²) < 4.78 is 9.80. The van der Waals surface area contributed by atoms with E-state index < -0.39 is 0 Å². The Labute approximate surface area is 157 Å². The highest BCUT2D eigenvalue weighted by Gasteiger charge is 2.16. The van der Waals surface area contributed by atoms with E-state index in [9.17, 15) is 9.59 Å². The van der Waals surface area contributed by atoms with Crippen molar-refractivity contribution < 1.29 is 19.1 Å². The molecule has 2 aromatic rings. The van der Waals surface area contributed by atoms with Gasteiger partial charge in [-0.15, -0.1) is 0 Å². The van der Waals surface area contributed by atoms with Crippen LogP contribution in [0.3, 0.4) is 0 Å². The smallest absolute Gasteiger partial charge is 0.322 e. The molecule has 2 rings (SSSR count). The second kappa shape index (κ2) is 9.68. The first-order valence-electron chi connectivity index (χ1n) is 8.03. The summed E-state index contributed by atoms with van der Waals surface area (Å²) in [6.45, 7) is 0.582. The third-order valence-electron chi connectivity index (χ3n) is 3.73. The van der Waals surface area contributed by atoms with Gasteiger partial charge in [0, 0.05) is 23.8 Å². The predicted octanol–water partition coefficient (Wildman–Crippen LogP) is 3.95. The lowest BCUT2D eigenvalue weighted by Gasteiger charge is -2.23. The first-order chi connectivity index (χ1) is 12.5. The van der Waals surface area contributed by atoms with Crippen molar-refractivity contribution in [1.82, 2.24) is 4.90 Å². The van der Waals surface area contributed by atoms with Crippen LogP contribution < -0.4 is 10.1 Å². The Bertz CT molecular complexity index is 732. The Kier molecular flexibility index (Phi) is 7.29. The molecule has 0 aliphatic heterocycles. The number of amides is 2. The summed E-state index contributed by atoms with van der Waals surface area (Å²) in [6, 6.07) is 13.9. The van der Waals surface area contributed by atoms with Crippen molar-refractivity contribution in [1.29, 1.82) is 0 Å². The zero-order valence-electron chi connectivity index (χ0n) is 14.7. The molecule has 0 aliphatic carbocycles. The van der Waals surface area contributed by atoms with Crippen molar-refractivity contribution in [2.45, 2.75) is 13.0 Å². The zero-order valence-corrected chi connectivity index (χ0v) is 15.5. The van der Waals surface area contributed by atoms with Gasteiger partial charge in [-0.25, -0.2) is 4.79 Å². The Morgan fingerprint density at radius 2 is 1.69 bits per heavy atom. The summed E-state index contributed by atoms with van der Waals surface area (Å²) in [5.74, 6) is 0.365. The van der Waals surface area contributed by atoms with Gasteiger partial charge >= 0.3 is 12.0 Å². The van der Waals surface area contributed by atoms with E-state index in [1.54, 1.807) is 36.3 Å². The molecule has 2 aromatic carbocycles. The lowest BCUT2D eigenvalue weighted by molar-refractivity contribution is -0.140. The molecule has 0 heterocycles. The number of ether oxygens (including phenoxy) is 2. The number of carbonyl (C=O) groups excluding carboxylic acids is 2. The molecule has 6 nitrogen and oxygen atoms in total. The molecule has 0 aliphatic rings. The molecule has 0 saturated heterocycles. The fourth-order valence-corrected chi connectivity index (χ4v) is 2.39. The number of nitrogens with zero attached hydrogens (tertiary/aromatic N) is 1. The molecule has 1 N–H and O–H groups in total. The van der Waals surface area contributed by atoms with Crippen molar-refractivity contribution >= 4 is 29.3 Å². The average molecular weight is 377 g/mol. The lowest BCUT2D eigenvalue weighted by atomic mass is 10.2. The van der Waals surface area contributed by atoms with Crippen LogP contribution in [-0.2, 0) is 16.1 Å². The average Bonchev–Trinajstić information content (AvgIpc) is 2.67. The third kappa shape index (κ3) is 5.97. The highest BCUT2D eigenvalue weighted by atomic mass is 35.5. The maximum atomic E-state index is 12.6. The van der Waals surface area contributed by atoms with Gasteiger partial charge in [-0.2, -0.15) is 0 Å². The maximum absolute atomic E-state index is 12.6. The van der Waals surface area contributed by atoms with Gasteiger partial charge in [0.25, 0.3) is 0 Å². The second-order valence-corrected chi connectivity index (χ2v) is 5.97. The van der Waals surface area contributed by atoms with Crippen molar-refractivity contribution in [3.8, 4) is 5.75 Å². The topological polar surface area (TPSA) is 67.9 Å². The minimum atomic E-state index is -0.371. The minimum absolute atomic E-state index is 0.112. The van der Waals surface area contributed by atoms with Gasteiger partial charge in [0.2, 0.25) is 0 Å². The normalized spacial score (nSPS) is 10.1. The number of esters is 1. The van der Waals surface area contributed by atoms with Crippen LogP contribution in [0.2, 0.25) is 5.02 Å². The molecule has 26 heavy (non-hydrogen) atoms.